The molecule has 0 bridgehead atoms. The highest BCUT2D eigenvalue weighted by atomic mass is 31.0. The van der Waals surface area contributed by atoms with E-state index in [0.29, 0.717) is 0 Å². The maximum Gasteiger partial charge on any atom is 0.110 e. The molecule has 144 valence electrons. The van der Waals surface area contributed by atoms with Crippen molar-refractivity contribution in [2.24, 2.45) is 0 Å². The van der Waals surface area contributed by atoms with E-state index in [1.54, 1.807) is 0 Å². The van der Waals surface area contributed by atoms with E-state index >= 15 is 0 Å². The molecule has 0 aliphatic carbocycles. The van der Waals surface area contributed by atoms with Crippen molar-refractivity contribution in [3.05, 3.63) is 121 Å². The predicted octanol–water partition coefficient (Wildman–Crippen LogP) is 2.78. The van der Waals surface area contributed by atoms with Crippen LogP contribution in [0.5, 0.6) is 0 Å². The maximum atomic E-state index is 3.36. The molecular weight excluding hydrogens is 399 g/mol. The molecule has 0 radical (unpaired) electrons. The highest BCUT2D eigenvalue weighted by Crippen LogP contribution is 2.25. The molecule has 0 fully saturated rings. The van der Waals surface area contributed by atoms with E-state index in [0.717, 1.165) is 0 Å². The summed E-state index contributed by atoms with van der Waals surface area (Å²) in [5, 5.41) is 6.06. The third-order valence-corrected chi connectivity index (χ3v) is 16.5. The van der Waals surface area contributed by atoms with Gasteiger partial charge in [-0.2, -0.15) is 0 Å². The molecule has 0 aliphatic heterocycles. The van der Waals surface area contributed by atoms with Crippen molar-refractivity contribution < 1.29 is 0 Å². The standard InChI is InChI=1S/C26H27PSi2/c1-26(27,28(22-14-6-2-7-15-22)23-16-8-3-9-17-23)29(24-18-10-4-11-19-24)25-20-12-5-13-21-25/h2-21,28-29H,27H2,1H3. The summed E-state index contributed by atoms with van der Waals surface area (Å²) in [5.74, 6) is 0. The second kappa shape index (κ2) is 9.05. The zero-order valence-electron chi connectivity index (χ0n) is 16.8. The van der Waals surface area contributed by atoms with Crippen LogP contribution in [0.4, 0.5) is 0 Å². The summed E-state index contributed by atoms with van der Waals surface area (Å²) in [7, 11) is 0.297. The van der Waals surface area contributed by atoms with Crippen LogP contribution in [0.3, 0.4) is 0 Å². The van der Waals surface area contributed by atoms with Crippen LogP contribution >= 0.6 is 9.24 Å². The van der Waals surface area contributed by atoms with Crippen molar-refractivity contribution in [3.8, 4) is 0 Å². The summed E-state index contributed by atoms with van der Waals surface area (Å²) < 4.78 is 0.144. The van der Waals surface area contributed by atoms with Crippen LogP contribution in [0, 0.1) is 0 Å². The highest BCUT2D eigenvalue weighted by molar-refractivity contribution is 7.36. The largest absolute Gasteiger partial charge is 0.136 e. The van der Waals surface area contributed by atoms with Gasteiger partial charge in [-0.05, 0) is 4.40 Å². The summed E-state index contributed by atoms with van der Waals surface area (Å²) in [6.07, 6.45) is 0. The topological polar surface area (TPSA) is 0 Å². The number of benzene rings is 4. The van der Waals surface area contributed by atoms with E-state index in [4.69, 9.17) is 0 Å². The fourth-order valence-corrected chi connectivity index (χ4v) is 16.6. The van der Waals surface area contributed by atoms with Crippen LogP contribution in [-0.2, 0) is 0 Å². The van der Waals surface area contributed by atoms with E-state index in [1.165, 1.54) is 20.7 Å². The lowest BCUT2D eigenvalue weighted by molar-refractivity contribution is 1.22. The summed E-state index contributed by atoms with van der Waals surface area (Å²) in [4.78, 5) is 0. The van der Waals surface area contributed by atoms with Crippen LogP contribution in [0.2, 0.25) is 0 Å². The van der Waals surface area contributed by atoms with Crippen molar-refractivity contribution >= 4 is 47.6 Å². The Bertz CT molecular complexity index is 855. The normalized spacial score (nSPS) is 11.7. The highest BCUT2D eigenvalue weighted by Gasteiger charge is 2.43. The zero-order valence-corrected chi connectivity index (χ0v) is 20.2. The Balaban J connectivity index is 1.91. The fourth-order valence-electron chi connectivity index (χ4n) is 4.57. The number of hydrogen-bond donors (Lipinski definition) is 0. The quantitative estimate of drug-likeness (QED) is 0.329. The molecule has 0 N–H and O–H groups in total. The van der Waals surface area contributed by atoms with Gasteiger partial charge >= 0.3 is 0 Å². The molecule has 0 aliphatic rings. The minimum atomic E-state index is -1.53. The Labute approximate surface area is 180 Å². The van der Waals surface area contributed by atoms with Crippen molar-refractivity contribution in [2.45, 2.75) is 11.3 Å². The van der Waals surface area contributed by atoms with Gasteiger partial charge in [-0.1, -0.05) is 149 Å². The van der Waals surface area contributed by atoms with E-state index in [-0.39, 0.29) is 4.40 Å². The Morgan fingerprint density at radius 3 is 0.862 bits per heavy atom. The van der Waals surface area contributed by atoms with Crippen molar-refractivity contribution in [1.82, 2.24) is 0 Å². The second-order valence-electron chi connectivity index (χ2n) is 7.87. The van der Waals surface area contributed by atoms with Crippen LogP contribution in [0.15, 0.2) is 121 Å². The van der Waals surface area contributed by atoms with Gasteiger partial charge in [0.2, 0.25) is 0 Å². The zero-order chi connectivity index (χ0) is 20.1. The lowest BCUT2D eigenvalue weighted by atomic mass is 10.4. The van der Waals surface area contributed by atoms with Crippen molar-refractivity contribution in [3.63, 3.8) is 0 Å². The van der Waals surface area contributed by atoms with Gasteiger partial charge < -0.3 is 0 Å². The average Bonchev–Trinajstić information content (AvgIpc) is 2.77. The first kappa shape index (κ1) is 20.0. The molecule has 0 saturated carbocycles. The lowest BCUT2D eigenvalue weighted by Gasteiger charge is -2.40. The SMILES string of the molecule is CC(P)([SiH](c1ccccc1)c1ccccc1)[SiH](c1ccccc1)c1ccccc1. The molecule has 1 unspecified atom stereocenters. The minimum absolute atomic E-state index is 0.144. The van der Waals surface area contributed by atoms with Crippen molar-refractivity contribution in [1.29, 1.82) is 0 Å². The molecule has 0 amide bonds. The summed E-state index contributed by atoms with van der Waals surface area (Å²) in [5.41, 5.74) is 0. The predicted molar refractivity (Wildman–Crippen MR) is 137 cm³/mol. The first-order valence-electron chi connectivity index (χ1n) is 10.2. The average molecular weight is 427 g/mol. The smallest absolute Gasteiger partial charge is 0.110 e. The summed E-state index contributed by atoms with van der Waals surface area (Å²) in [6.45, 7) is 2.51. The molecule has 0 nitrogen and oxygen atoms in total. The third-order valence-electron chi connectivity index (χ3n) is 5.78. The Kier molecular flexibility index (Phi) is 6.25. The minimum Gasteiger partial charge on any atom is -0.136 e. The van der Waals surface area contributed by atoms with Gasteiger partial charge in [0.05, 0.1) is 0 Å². The molecule has 4 aromatic rings. The molecule has 4 aromatic carbocycles. The van der Waals surface area contributed by atoms with E-state index in [1.807, 2.05) is 0 Å². The van der Waals surface area contributed by atoms with E-state index < -0.39 is 17.6 Å². The molecule has 0 heterocycles. The van der Waals surface area contributed by atoms with Crippen LogP contribution in [0.25, 0.3) is 0 Å². The fraction of sp³-hybridized carbons (Fsp3) is 0.0769. The molecule has 4 rings (SSSR count). The van der Waals surface area contributed by atoms with Gasteiger partial charge in [0.1, 0.15) is 17.6 Å². The van der Waals surface area contributed by atoms with Crippen molar-refractivity contribution in [2.75, 3.05) is 0 Å². The molecule has 1 atom stereocenters. The van der Waals surface area contributed by atoms with E-state index in [2.05, 4.69) is 137 Å². The molecule has 29 heavy (non-hydrogen) atoms. The third kappa shape index (κ3) is 4.35. The van der Waals surface area contributed by atoms with Crippen LogP contribution in [0.1, 0.15) is 6.92 Å². The van der Waals surface area contributed by atoms with Gasteiger partial charge in [0.25, 0.3) is 0 Å². The molecule has 0 aromatic heterocycles. The van der Waals surface area contributed by atoms with Gasteiger partial charge in [0.15, 0.2) is 0 Å². The Morgan fingerprint density at radius 2 is 0.655 bits per heavy atom. The van der Waals surface area contributed by atoms with Gasteiger partial charge in [0, 0.05) is 0 Å². The van der Waals surface area contributed by atoms with E-state index in [9.17, 15) is 0 Å². The molecule has 3 heteroatoms. The second-order valence-corrected chi connectivity index (χ2v) is 18.0. The van der Waals surface area contributed by atoms with Crippen LogP contribution in [-0.4, -0.2) is 22.0 Å². The van der Waals surface area contributed by atoms with Crippen LogP contribution < -0.4 is 20.7 Å². The number of hydrogen-bond acceptors (Lipinski definition) is 0. The number of rotatable bonds is 6. The van der Waals surface area contributed by atoms with Gasteiger partial charge in [-0.3, -0.25) is 0 Å². The molecule has 0 saturated heterocycles. The lowest BCUT2D eigenvalue weighted by Crippen LogP contribution is -2.69. The Morgan fingerprint density at radius 1 is 0.448 bits per heavy atom. The Hall–Kier alpha value is -2.26. The first-order valence-corrected chi connectivity index (χ1v) is 14.2. The summed E-state index contributed by atoms with van der Waals surface area (Å²) >= 11 is 0. The monoisotopic (exact) mass is 426 g/mol. The molecular formula is C26H27PSi2. The first-order chi connectivity index (χ1) is 14.2. The summed E-state index contributed by atoms with van der Waals surface area (Å²) in [6, 6.07) is 44.8. The van der Waals surface area contributed by atoms with Gasteiger partial charge in [-0.25, -0.2) is 0 Å². The van der Waals surface area contributed by atoms with Gasteiger partial charge in [-0.15, -0.1) is 9.24 Å². The maximum absolute atomic E-state index is 3.36. The molecule has 0 spiro atoms.